The van der Waals surface area contributed by atoms with Gasteiger partial charge in [0.2, 0.25) is 5.91 Å². The molecule has 3 saturated heterocycles. The predicted molar refractivity (Wildman–Crippen MR) is 162 cm³/mol. The van der Waals surface area contributed by atoms with E-state index in [-0.39, 0.29) is 36.4 Å². The van der Waals surface area contributed by atoms with Gasteiger partial charge in [-0.05, 0) is 57.4 Å². The molecule has 3 fully saturated rings. The molecule has 3 aliphatic heterocycles. The van der Waals surface area contributed by atoms with Crippen molar-refractivity contribution in [3.05, 3.63) is 49.6 Å². The van der Waals surface area contributed by atoms with Gasteiger partial charge in [0.25, 0.3) is 5.91 Å². The minimum absolute atomic E-state index is 0.156. The van der Waals surface area contributed by atoms with Crippen LogP contribution < -0.4 is 9.80 Å². The van der Waals surface area contributed by atoms with E-state index in [1.165, 1.54) is 4.90 Å². The summed E-state index contributed by atoms with van der Waals surface area (Å²) in [4.78, 5) is 47.3. The third-order valence-corrected chi connectivity index (χ3v) is 9.59. The first-order chi connectivity index (χ1) is 19.7. The van der Waals surface area contributed by atoms with Gasteiger partial charge < -0.3 is 29.3 Å². The Morgan fingerprint density at radius 3 is 2.41 bits per heavy atom. The van der Waals surface area contributed by atoms with Crippen molar-refractivity contribution in [2.45, 2.75) is 68.6 Å². The van der Waals surface area contributed by atoms with E-state index in [0.717, 1.165) is 18.8 Å². The first kappa shape index (κ1) is 31.3. The van der Waals surface area contributed by atoms with E-state index in [9.17, 15) is 19.5 Å². The monoisotopic (exact) mass is 631 g/mol. The fraction of sp³-hybridized carbons (Fsp3) is 0.581. The van der Waals surface area contributed by atoms with Gasteiger partial charge >= 0.3 is 5.97 Å². The minimum Gasteiger partial charge on any atom is -0.465 e. The molecular formula is C31H42BrN3O6. The molecule has 10 heteroatoms. The molecular weight excluding hydrogens is 590 g/mol. The van der Waals surface area contributed by atoms with Gasteiger partial charge in [0, 0.05) is 35.8 Å². The molecule has 1 N–H and O–H groups in total. The number of rotatable bonds is 14. The lowest BCUT2D eigenvalue weighted by Gasteiger charge is -2.39. The number of carbonyl (C=O) groups excluding carboxylic acids is 3. The lowest BCUT2D eigenvalue weighted by atomic mass is 9.70. The molecule has 9 nitrogen and oxygen atoms in total. The van der Waals surface area contributed by atoms with Gasteiger partial charge in [-0.2, -0.15) is 0 Å². The molecule has 0 aromatic heterocycles. The number of hydrogen-bond donors (Lipinski definition) is 1. The number of aliphatic hydroxyl groups excluding tert-OH is 1. The molecule has 1 aromatic rings. The van der Waals surface area contributed by atoms with E-state index in [0.29, 0.717) is 24.9 Å². The smallest absolute Gasteiger partial charge is 0.312 e. The Bertz CT molecular complexity index is 1140. The highest BCUT2D eigenvalue weighted by atomic mass is 79.9. The summed E-state index contributed by atoms with van der Waals surface area (Å²) in [6, 6.07) is 6.11. The van der Waals surface area contributed by atoms with E-state index in [1.807, 2.05) is 31.2 Å². The van der Waals surface area contributed by atoms with E-state index in [4.69, 9.17) is 9.47 Å². The highest BCUT2D eigenvalue weighted by Gasteiger charge is 2.77. The molecule has 1 spiro atoms. The molecule has 2 amide bonds. The first-order valence-corrected chi connectivity index (χ1v) is 15.5. The summed E-state index contributed by atoms with van der Waals surface area (Å²) < 4.78 is 12.1. The summed E-state index contributed by atoms with van der Waals surface area (Å²) >= 11 is 3.68. The quantitative estimate of drug-likeness (QED) is 0.145. The maximum atomic E-state index is 14.6. The number of amides is 2. The Morgan fingerprint density at radius 1 is 1.20 bits per heavy atom. The molecule has 224 valence electrons. The van der Waals surface area contributed by atoms with Gasteiger partial charge in [-0.25, -0.2) is 0 Å². The normalized spacial score (nSPS) is 28.8. The van der Waals surface area contributed by atoms with Gasteiger partial charge in [0.05, 0.1) is 37.2 Å². The maximum Gasteiger partial charge on any atom is 0.312 e. The van der Waals surface area contributed by atoms with Gasteiger partial charge in [-0.1, -0.05) is 35.0 Å². The highest BCUT2D eigenvalue weighted by Crippen LogP contribution is 2.60. The van der Waals surface area contributed by atoms with E-state index in [1.54, 1.807) is 17.1 Å². The summed E-state index contributed by atoms with van der Waals surface area (Å²) in [5.74, 6) is -2.94. The van der Waals surface area contributed by atoms with Crippen molar-refractivity contribution in [2.75, 3.05) is 42.6 Å². The van der Waals surface area contributed by atoms with Crippen LogP contribution in [0.2, 0.25) is 0 Å². The number of nitrogens with zero attached hydrogens (tertiary/aromatic N) is 3. The number of esters is 1. The van der Waals surface area contributed by atoms with E-state index >= 15 is 0 Å². The van der Waals surface area contributed by atoms with Crippen molar-refractivity contribution in [3.63, 3.8) is 0 Å². The fourth-order valence-corrected chi connectivity index (χ4v) is 7.74. The molecule has 3 aliphatic rings. The van der Waals surface area contributed by atoms with Gasteiger partial charge in [0.15, 0.2) is 0 Å². The summed E-state index contributed by atoms with van der Waals surface area (Å²) in [6.45, 7) is 15.4. The number of alkyl halides is 1. The number of carbonyl (C=O) groups is 3. The summed E-state index contributed by atoms with van der Waals surface area (Å²) in [6.07, 6.45) is 4.01. The zero-order valence-electron chi connectivity index (χ0n) is 24.2. The topological polar surface area (TPSA) is 99.6 Å². The molecule has 4 rings (SSSR count). The summed E-state index contributed by atoms with van der Waals surface area (Å²) in [5, 5.41) is 10.3. The second-order valence-electron chi connectivity index (χ2n) is 10.8. The highest BCUT2D eigenvalue weighted by molar-refractivity contribution is 9.09. The number of ether oxygens (including phenoxy) is 2. The third kappa shape index (κ3) is 5.34. The van der Waals surface area contributed by atoms with Gasteiger partial charge in [-0.15, -0.1) is 13.2 Å². The van der Waals surface area contributed by atoms with E-state index in [2.05, 4.69) is 47.8 Å². The Morgan fingerprint density at radius 2 is 1.85 bits per heavy atom. The zero-order valence-corrected chi connectivity index (χ0v) is 25.8. The molecule has 3 heterocycles. The Balaban J connectivity index is 1.76. The number of likely N-dealkylation sites (tertiary alicyclic amines) is 1. The average Bonchev–Trinajstić information content (AvgIpc) is 3.57. The van der Waals surface area contributed by atoms with Crippen LogP contribution in [0.25, 0.3) is 0 Å². The van der Waals surface area contributed by atoms with Crippen molar-refractivity contribution < 1.29 is 29.0 Å². The molecule has 0 saturated carbocycles. The molecule has 41 heavy (non-hydrogen) atoms. The number of anilines is 2. The average molecular weight is 633 g/mol. The molecule has 3 unspecified atom stereocenters. The lowest BCUT2D eigenvalue weighted by Crippen LogP contribution is -2.59. The number of hydrogen-bond acceptors (Lipinski definition) is 7. The fourth-order valence-electron chi connectivity index (χ4n) is 6.79. The molecule has 7 atom stereocenters. The SMILES string of the molecule is C=CCCOC(=O)[C@H]1[C@@H]2OC3(CC2Br)C(C(=O)N(CC=C)c2ccc(N(CC)CC)cc2)N([C@@H](CC)CO)C(=O)[C@H]13. The van der Waals surface area contributed by atoms with Crippen LogP contribution in [-0.2, 0) is 23.9 Å². The third-order valence-electron chi connectivity index (χ3n) is 8.74. The molecule has 1 aromatic carbocycles. The van der Waals surface area contributed by atoms with Crippen LogP contribution in [0.1, 0.15) is 40.0 Å². The van der Waals surface area contributed by atoms with Crippen molar-refractivity contribution in [3.8, 4) is 0 Å². The van der Waals surface area contributed by atoms with Crippen LogP contribution in [0.4, 0.5) is 11.4 Å². The number of benzene rings is 1. The van der Waals surface area contributed by atoms with Crippen LogP contribution in [0.15, 0.2) is 49.6 Å². The Labute approximate surface area is 251 Å². The lowest BCUT2D eigenvalue weighted by molar-refractivity contribution is -0.155. The van der Waals surface area contributed by atoms with Crippen molar-refractivity contribution in [1.29, 1.82) is 0 Å². The largest absolute Gasteiger partial charge is 0.465 e. The van der Waals surface area contributed by atoms with Crippen LogP contribution in [-0.4, -0.2) is 89.3 Å². The molecule has 0 radical (unpaired) electrons. The van der Waals surface area contributed by atoms with Crippen LogP contribution >= 0.6 is 15.9 Å². The maximum absolute atomic E-state index is 14.6. The predicted octanol–water partition coefficient (Wildman–Crippen LogP) is 3.69. The number of fused-ring (bicyclic) bond motifs is 1. The standard InChI is InChI=1S/C31H42BrN3O6/c1-6-11-17-40-30(39)24-25-28(37)35(20(8-3)19-36)27(31(25)18-23(32)26(24)41-31)29(38)34(16-7-2)22-14-12-21(13-15-22)33(9-4)10-5/h6-7,12-15,20,23-27,36H,1-2,8-11,16-19H2,3-5H3/t20-,23?,24+,25-,26+,27?,31?/m0/s1. The van der Waals surface area contributed by atoms with Crippen LogP contribution in [0, 0.1) is 11.8 Å². The van der Waals surface area contributed by atoms with Gasteiger partial charge in [0.1, 0.15) is 11.6 Å². The van der Waals surface area contributed by atoms with Crippen molar-refractivity contribution >= 4 is 45.1 Å². The number of aliphatic hydroxyl groups is 1. The molecule has 2 bridgehead atoms. The van der Waals surface area contributed by atoms with Crippen LogP contribution in [0.3, 0.4) is 0 Å². The Hall–Kier alpha value is -2.69. The second-order valence-corrected chi connectivity index (χ2v) is 12.0. The summed E-state index contributed by atoms with van der Waals surface area (Å²) in [5.41, 5.74) is 0.474. The van der Waals surface area contributed by atoms with Crippen molar-refractivity contribution in [1.82, 2.24) is 4.90 Å². The minimum atomic E-state index is -1.24. The molecule has 0 aliphatic carbocycles. The number of halogens is 1. The van der Waals surface area contributed by atoms with E-state index < -0.39 is 41.6 Å². The first-order valence-electron chi connectivity index (χ1n) is 14.5. The van der Waals surface area contributed by atoms with Crippen molar-refractivity contribution in [2.24, 2.45) is 11.8 Å². The summed E-state index contributed by atoms with van der Waals surface area (Å²) in [7, 11) is 0. The Kier molecular flexibility index (Phi) is 9.97. The zero-order chi connectivity index (χ0) is 29.9. The van der Waals surface area contributed by atoms with Gasteiger partial charge in [-0.3, -0.25) is 14.4 Å². The second kappa shape index (κ2) is 13.1. The van der Waals surface area contributed by atoms with Crippen LogP contribution in [0.5, 0.6) is 0 Å².